The zero-order valence-electron chi connectivity index (χ0n) is 15.2. The third kappa shape index (κ3) is 2.71. The lowest BCUT2D eigenvalue weighted by Crippen LogP contribution is -2.49. The summed E-state index contributed by atoms with van der Waals surface area (Å²) in [5.41, 5.74) is 1.26. The van der Waals surface area contributed by atoms with Gasteiger partial charge in [0.15, 0.2) is 5.49 Å². The minimum Gasteiger partial charge on any atom is -0.376 e. The van der Waals surface area contributed by atoms with Gasteiger partial charge in [-0.25, -0.2) is 0 Å². The molecule has 6 nitrogen and oxygen atoms in total. The molecule has 4 rings (SSSR count). The molecule has 0 aromatic carbocycles. The van der Waals surface area contributed by atoms with Crippen molar-refractivity contribution in [2.45, 2.75) is 71.4 Å². The SMILES string of the molecule is Cc1c(C)n(C(=N)C2(C3CC3)CC2)c(=N)c(=O)n1CC1CCCCO1. The van der Waals surface area contributed by atoms with Crippen LogP contribution >= 0.6 is 0 Å². The second kappa shape index (κ2) is 5.94. The maximum atomic E-state index is 12.9. The number of hydrogen-bond acceptors (Lipinski definition) is 4. The van der Waals surface area contributed by atoms with Gasteiger partial charge in [0, 0.05) is 23.4 Å². The van der Waals surface area contributed by atoms with Crippen molar-refractivity contribution in [1.29, 1.82) is 10.8 Å². The number of rotatable bonds is 4. The van der Waals surface area contributed by atoms with Crippen LogP contribution in [-0.4, -0.2) is 27.7 Å². The van der Waals surface area contributed by atoms with Gasteiger partial charge in [0.05, 0.1) is 12.6 Å². The van der Waals surface area contributed by atoms with E-state index in [0.717, 1.165) is 50.1 Å². The Labute approximate surface area is 147 Å². The molecule has 6 heteroatoms. The van der Waals surface area contributed by atoms with Gasteiger partial charge in [-0.2, -0.15) is 0 Å². The maximum Gasteiger partial charge on any atom is 0.293 e. The Morgan fingerprint density at radius 1 is 1.20 bits per heavy atom. The average molecular weight is 344 g/mol. The summed E-state index contributed by atoms with van der Waals surface area (Å²) in [6, 6.07) is 0. The van der Waals surface area contributed by atoms with E-state index >= 15 is 0 Å². The molecule has 0 amide bonds. The minimum absolute atomic E-state index is 0.0560. The summed E-state index contributed by atoms with van der Waals surface area (Å²) in [6.45, 7) is 5.13. The van der Waals surface area contributed by atoms with Gasteiger partial charge in [-0.3, -0.25) is 20.2 Å². The molecule has 3 aliphatic rings. The van der Waals surface area contributed by atoms with E-state index in [2.05, 4.69) is 0 Å². The number of aromatic nitrogens is 2. The van der Waals surface area contributed by atoms with E-state index in [0.29, 0.717) is 18.3 Å². The summed E-state index contributed by atoms with van der Waals surface area (Å²) < 4.78 is 9.08. The Morgan fingerprint density at radius 3 is 2.48 bits per heavy atom. The summed E-state index contributed by atoms with van der Waals surface area (Å²) in [4.78, 5) is 12.9. The average Bonchev–Trinajstić information content (AvgIpc) is 3.48. The first kappa shape index (κ1) is 16.8. The molecule has 2 heterocycles. The summed E-state index contributed by atoms with van der Waals surface area (Å²) in [5.74, 6) is 1.06. The monoisotopic (exact) mass is 344 g/mol. The van der Waals surface area contributed by atoms with Crippen LogP contribution in [0.15, 0.2) is 4.79 Å². The van der Waals surface area contributed by atoms with E-state index in [4.69, 9.17) is 15.6 Å². The van der Waals surface area contributed by atoms with Crippen molar-refractivity contribution in [3.05, 3.63) is 27.2 Å². The lowest BCUT2D eigenvalue weighted by molar-refractivity contribution is 0.00491. The summed E-state index contributed by atoms with van der Waals surface area (Å²) in [5, 5.41) is 17.2. The fourth-order valence-electron chi connectivity index (χ4n) is 4.39. The highest BCUT2D eigenvalue weighted by molar-refractivity contribution is 5.91. The van der Waals surface area contributed by atoms with Crippen LogP contribution < -0.4 is 11.0 Å². The molecule has 0 radical (unpaired) electrons. The molecule has 0 spiro atoms. The molecule has 1 unspecified atom stereocenters. The van der Waals surface area contributed by atoms with Crippen molar-refractivity contribution in [2.75, 3.05) is 6.61 Å². The Kier molecular flexibility index (Phi) is 3.98. The molecule has 25 heavy (non-hydrogen) atoms. The van der Waals surface area contributed by atoms with Crippen molar-refractivity contribution in [3.63, 3.8) is 0 Å². The van der Waals surface area contributed by atoms with Gasteiger partial charge in [0.25, 0.3) is 5.56 Å². The number of nitrogens with one attached hydrogen (secondary N) is 2. The Bertz CT molecular complexity index is 821. The smallest absolute Gasteiger partial charge is 0.293 e. The quantitative estimate of drug-likeness (QED) is 0.649. The standard InChI is InChI=1S/C19H28N4O2/c1-12-13(2)23(18(21)19(8-9-19)14-6-7-14)16(20)17(24)22(12)11-15-5-3-4-10-25-15/h14-15,20-21H,3-11H2,1-2H3. The number of hydrogen-bond donors (Lipinski definition) is 2. The van der Waals surface area contributed by atoms with Crippen molar-refractivity contribution >= 4 is 5.84 Å². The molecule has 1 aromatic rings. The molecule has 2 saturated carbocycles. The molecule has 136 valence electrons. The van der Waals surface area contributed by atoms with Crippen molar-refractivity contribution in [1.82, 2.24) is 9.13 Å². The highest BCUT2D eigenvalue weighted by Gasteiger charge is 2.57. The van der Waals surface area contributed by atoms with Crippen LogP contribution in [0.1, 0.15) is 56.3 Å². The van der Waals surface area contributed by atoms with Crippen LogP contribution in [0.25, 0.3) is 0 Å². The Hall–Kier alpha value is -1.69. The third-order valence-electron chi connectivity index (χ3n) is 6.44. The van der Waals surface area contributed by atoms with Gasteiger partial charge in [-0.05, 0) is 64.7 Å². The second-order valence-corrected chi connectivity index (χ2v) is 8.04. The Morgan fingerprint density at radius 2 is 1.92 bits per heavy atom. The van der Waals surface area contributed by atoms with E-state index in [-0.39, 0.29) is 22.6 Å². The topological polar surface area (TPSA) is 83.9 Å². The van der Waals surface area contributed by atoms with Gasteiger partial charge < -0.3 is 9.30 Å². The maximum absolute atomic E-state index is 12.9. The van der Waals surface area contributed by atoms with Crippen molar-refractivity contribution in [3.8, 4) is 0 Å². The summed E-state index contributed by atoms with van der Waals surface area (Å²) >= 11 is 0. The lowest BCUT2D eigenvalue weighted by Gasteiger charge is -2.27. The molecule has 1 aromatic heterocycles. The molecular weight excluding hydrogens is 316 g/mol. The van der Waals surface area contributed by atoms with Gasteiger partial charge >= 0.3 is 0 Å². The normalized spacial score (nSPS) is 25.0. The molecule has 3 fully saturated rings. The fourth-order valence-corrected chi connectivity index (χ4v) is 4.39. The molecule has 2 aliphatic carbocycles. The van der Waals surface area contributed by atoms with E-state index < -0.39 is 0 Å². The van der Waals surface area contributed by atoms with Gasteiger partial charge in [-0.15, -0.1) is 0 Å². The number of nitrogens with zero attached hydrogens (tertiary/aromatic N) is 2. The van der Waals surface area contributed by atoms with Crippen molar-refractivity contribution < 1.29 is 4.74 Å². The lowest BCUT2D eigenvalue weighted by atomic mass is 9.98. The van der Waals surface area contributed by atoms with Gasteiger partial charge in [0.2, 0.25) is 0 Å². The van der Waals surface area contributed by atoms with E-state index in [1.807, 2.05) is 13.8 Å². The largest absolute Gasteiger partial charge is 0.376 e. The first-order valence-electron chi connectivity index (χ1n) is 9.54. The molecule has 1 atom stereocenters. The van der Waals surface area contributed by atoms with Crippen LogP contribution in [0.2, 0.25) is 0 Å². The molecule has 2 N–H and O–H groups in total. The van der Waals surface area contributed by atoms with Crippen LogP contribution in [0.5, 0.6) is 0 Å². The third-order valence-corrected chi connectivity index (χ3v) is 6.44. The van der Waals surface area contributed by atoms with Gasteiger partial charge in [-0.1, -0.05) is 0 Å². The fraction of sp³-hybridized carbons (Fsp3) is 0.737. The summed E-state index contributed by atoms with van der Waals surface area (Å²) in [6.07, 6.45) is 7.67. The first-order chi connectivity index (χ1) is 12.0. The summed E-state index contributed by atoms with van der Waals surface area (Å²) in [7, 11) is 0. The first-order valence-corrected chi connectivity index (χ1v) is 9.54. The second-order valence-electron chi connectivity index (χ2n) is 8.04. The molecule has 1 saturated heterocycles. The minimum atomic E-state index is -0.298. The Balaban J connectivity index is 1.71. The van der Waals surface area contributed by atoms with Gasteiger partial charge in [0.1, 0.15) is 5.84 Å². The van der Waals surface area contributed by atoms with Crippen LogP contribution in [0.3, 0.4) is 0 Å². The van der Waals surface area contributed by atoms with Crippen LogP contribution in [0.4, 0.5) is 0 Å². The zero-order chi connectivity index (χ0) is 17.8. The van der Waals surface area contributed by atoms with Crippen molar-refractivity contribution in [2.24, 2.45) is 11.3 Å². The van der Waals surface area contributed by atoms with E-state index in [9.17, 15) is 4.79 Å². The predicted octanol–water partition coefficient (Wildman–Crippen LogP) is 2.33. The van der Waals surface area contributed by atoms with Crippen LogP contribution in [0, 0.1) is 36.0 Å². The van der Waals surface area contributed by atoms with E-state index in [1.54, 1.807) is 9.13 Å². The zero-order valence-corrected chi connectivity index (χ0v) is 15.2. The van der Waals surface area contributed by atoms with Crippen LogP contribution in [-0.2, 0) is 11.3 Å². The predicted molar refractivity (Wildman–Crippen MR) is 95.1 cm³/mol. The number of ether oxygens (including phenoxy) is 1. The highest BCUT2D eigenvalue weighted by atomic mass is 16.5. The molecule has 1 aliphatic heterocycles. The molecule has 0 bridgehead atoms. The highest BCUT2D eigenvalue weighted by Crippen LogP contribution is 2.62. The van der Waals surface area contributed by atoms with E-state index in [1.165, 1.54) is 12.8 Å². The molecular formula is C19H28N4O2.